The van der Waals surface area contributed by atoms with E-state index < -0.39 is 0 Å². The first kappa shape index (κ1) is 15.2. The Hall–Kier alpha value is -2.20. The van der Waals surface area contributed by atoms with Crippen molar-refractivity contribution < 1.29 is 9.47 Å². The predicted molar refractivity (Wildman–Crippen MR) is 85.3 cm³/mol. The normalized spacial score (nSPS) is 10.8. The molecule has 0 fully saturated rings. The number of halogens is 1. The molecular weight excluding hydrogens is 288 g/mol. The lowest BCUT2D eigenvalue weighted by Crippen LogP contribution is -2.01. The predicted octanol–water partition coefficient (Wildman–Crippen LogP) is 3.53. The molecule has 5 heteroatoms. The molecule has 2 aromatic rings. The van der Waals surface area contributed by atoms with E-state index in [-0.39, 0.29) is 0 Å². The number of ether oxygens (including phenoxy) is 2. The third-order valence-corrected chi connectivity index (χ3v) is 3.28. The number of benzene rings is 2. The quantitative estimate of drug-likeness (QED) is 0.522. The van der Waals surface area contributed by atoms with Crippen LogP contribution in [0.15, 0.2) is 41.5 Å². The first-order valence-electron chi connectivity index (χ1n) is 6.43. The van der Waals surface area contributed by atoms with Crippen LogP contribution in [0.4, 0.5) is 0 Å². The second-order valence-corrected chi connectivity index (χ2v) is 4.98. The van der Waals surface area contributed by atoms with Crippen molar-refractivity contribution in [3.8, 4) is 11.5 Å². The zero-order valence-corrected chi connectivity index (χ0v) is 12.7. The zero-order chi connectivity index (χ0) is 15.2. The van der Waals surface area contributed by atoms with Crippen molar-refractivity contribution in [2.24, 2.45) is 10.9 Å². The molecule has 0 radical (unpaired) electrons. The number of methoxy groups -OCH3 is 1. The molecule has 0 atom stereocenters. The summed E-state index contributed by atoms with van der Waals surface area (Å²) >= 11 is 5.94. The van der Waals surface area contributed by atoms with Crippen LogP contribution >= 0.6 is 11.6 Å². The molecule has 2 rings (SSSR count). The molecule has 0 saturated heterocycles. The second-order valence-electron chi connectivity index (χ2n) is 4.55. The van der Waals surface area contributed by atoms with Crippen LogP contribution in [-0.2, 0) is 6.61 Å². The van der Waals surface area contributed by atoms with E-state index in [1.54, 1.807) is 19.4 Å². The maximum Gasteiger partial charge on any atom is 0.125 e. The molecular formula is C16H17ClN2O2. The minimum Gasteiger partial charge on any atom is -0.496 e. The smallest absolute Gasteiger partial charge is 0.125 e. The minimum absolute atomic E-state index is 0.387. The Morgan fingerprint density at radius 2 is 1.95 bits per heavy atom. The molecule has 0 amide bonds. The largest absolute Gasteiger partial charge is 0.496 e. The fourth-order valence-electron chi connectivity index (χ4n) is 2.01. The zero-order valence-electron chi connectivity index (χ0n) is 12.0. The molecule has 0 heterocycles. The Balaban J connectivity index is 2.20. The summed E-state index contributed by atoms with van der Waals surface area (Å²) in [6.07, 6.45) is 1.58. The summed E-state index contributed by atoms with van der Waals surface area (Å²) in [4.78, 5) is 0. The van der Waals surface area contributed by atoms with Crippen LogP contribution in [0.3, 0.4) is 0 Å². The van der Waals surface area contributed by atoms with Crippen molar-refractivity contribution in [3.05, 3.63) is 58.1 Å². The lowest BCUT2D eigenvalue weighted by Gasteiger charge is -2.12. The number of hydrazone groups is 1. The highest BCUT2D eigenvalue weighted by molar-refractivity contribution is 6.30. The van der Waals surface area contributed by atoms with Gasteiger partial charge in [0.05, 0.1) is 13.3 Å². The molecule has 0 spiro atoms. The van der Waals surface area contributed by atoms with E-state index in [1.165, 1.54) is 0 Å². The van der Waals surface area contributed by atoms with Crippen LogP contribution in [0.25, 0.3) is 0 Å². The summed E-state index contributed by atoms with van der Waals surface area (Å²) < 4.78 is 11.2. The van der Waals surface area contributed by atoms with Crippen LogP contribution in [0.5, 0.6) is 11.5 Å². The van der Waals surface area contributed by atoms with Crippen LogP contribution in [-0.4, -0.2) is 13.3 Å². The van der Waals surface area contributed by atoms with E-state index in [1.807, 2.05) is 37.3 Å². The summed E-state index contributed by atoms with van der Waals surface area (Å²) in [6, 6.07) is 11.2. The summed E-state index contributed by atoms with van der Waals surface area (Å²) in [6.45, 7) is 2.34. The molecule has 110 valence electrons. The molecule has 0 bridgehead atoms. The Morgan fingerprint density at radius 3 is 2.62 bits per heavy atom. The molecule has 0 aliphatic carbocycles. The van der Waals surface area contributed by atoms with Gasteiger partial charge in [0.2, 0.25) is 0 Å². The standard InChI is InChI=1S/C16H17ClN2O2/c1-11-7-14(17)4-6-15(11)21-10-13-8-12(9-19-18)3-5-16(13)20-2/h3-9H,10,18H2,1-2H3. The number of hydrogen-bond donors (Lipinski definition) is 1. The highest BCUT2D eigenvalue weighted by Gasteiger charge is 2.07. The average Bonchev–Trinajstić information content (AvgIpc) is 2.47. The summed E-state index contributed by atoms with van der Waals surface area (Å²) in [7, 11) is 1.63. The summed E-state index contributed by atoms with van der Waals surface area (Å²) in [5, 5.41) is 4.22. The second kappa shape index (κ2) is 6.99. The van der Waals surface area contributed by atoms with Crippen LogP contribution in [0.2, 0.25) is 5.02 Å². The van der Waals surface area contributed by atoms with Gasteiger partial charge in [0.15, 0.2) is 0 Å². The van der Waals surface area contributed by atoms with Crippen LogP contribution in [0, 0.1) is 6.92 Å². The highest BCUT2D eigenvalue weighted by atomic mass is 35.5. The third kappa shape index (κ3) is 3.89. The Bertz CT molecular complexity index is 657. The van der Waals surface area contributed by atoms with Crippen LogP contribution in [0.1, 0.15) is 16.7 Å². The Kier molecular flexibility index (Phi) is 5.06. The van der Waals surface area contributed by atoms with Gasteiger partial charge in [0.1, 0.15) is 18.1 Å². The van der Waals surface area contributed by atoms with Gasteiger partial charge in [-0.3, -0.25) is 0 Å². The van der Waals surface area contributed by atoms with E-state index >= 15 is 0 Å². The van der Waals surface area contributed by atoms with Crippen molar-refractivity contribution in [1.29, 1.82) is 0 Å². The maximum atomic E-state index is 5.94. The molecule has 2 N–H and O–H groups in total. The monoisotopic (exact) mass is 304 g/mol. The molecule has 0 aliphatic heterocycles. The van der Waals surface area contributed by atoms with Gasteiger partial charge >= 0.3 is 0 Å². The third-order valence-electron chi connectivity index (χ3n) is 3.05. The van der Waals surface area contributed by atoms with Gasteiger partial charge in [-0.05, 0) is 54.4 Å². The highest BCUT2D eigenvalue weighted by Crippen LogP contribution is 2.25. The molecule has 0 aliphatic rings. The summed E-state index contributed by atoms with van der Waals surface area (Å²) in [5.74, 6) is 6.73. The van der Waals surface area contributed by atoms with Crippen molar-refractivity contribution >= 4 is 17.8 Å². The molecule has 4 nitrogen and oxygen atoms in total. The number of nitrogens with zero attached hydrogens (tertiary/aromatic N) is 1. The number of hydrogen-bond acceptors (Lipinski definition) is 4. The van der Waals surface area contributed by atoms with Crippen molar-refractivity contribution in [3.63, 3.8) is 0 Å². The van der Waals surface area contributed by atoms with E-state index in [4.69, 9.17) is 26.9 Å². The lowest BCUT2D eigenvalue weighted by molar-refractivity contribution is 0.295. The fraction of sp³-hybridized carbons (Fsp3) is 0.188. The van der Waals surface area contributed by atoms with Gasteiger partial charge in [-0.15, -0.1) is 0 Å². The van der Waals surface area contributed by atoms with Gasteiger partial charge in [0.25, 0.3) is 0 Å². The minimum atomic E-state index is 0.387. The van der Waals surface area contributed by atoms with Gasteiger partial charge in [-0.1, -0.05) is 11.6 Å². The molecule has 0 saturated carbocycles. The molecule has 0 aromatic heterocycles. The van der Waals surface area contributed by atoms with Gasteiger partial charge in [-0.2, -0.15) is 5.10 Å². The first-order valence-corrected chi connectivity index (χ1v) is 6.81. The fourth-order valence-corrected chi connectivity index (χ4v) is 2.23. The Labute approximate surface area is 129 Å². The topological polar surface area (TPSA) is 56.8 Å². The Morgan fingerprint density at radius 1 is 1.19 bits per heavy atom. The number of aryl methyl sites for hydroxylation is 1. The molecule has 2 aromatic carbocycles. The SMILES string of the molecule is COc1ccc(C=NN)cc1COc1ccc(Cl)cc1C. The van der Waals surface area contributed by atoms with E-state index in [0.29, 0.717) is 11.6 Å². The first-order chi connectivity index (χ1) is 10.1. The average molecular weight is 305 g/mol. The molecule has 21 heavy (non-hydrogen) atoms. The maximum absolute atomic E-state index is 5.94. The van der Waals surface area contributed by atoms with Crippen LogP contribution < -0.4 is 15.3 Å². The van der Waals surface area contributed by atoms with Crippen molar-refractivity contribution in [2.75, 3.05) is 7.11 Å². The van der Waals surface area contributed by atoms with Gasteiger partial charge < -0.3 is 15.3 Å². The van der Waals surface area contributed by atoms with Gasteiger partial charge in [-0.25, -0.2) is 0 Å². The number of rotatable bonds is 5. The van der Waals surface area contributed by atoms with Crippen molar-refractivity contribution in [1.82, 2.24) is 0 Å². The number of nitrogens with two attached hydrogens (primary N) is 1. The van der Waals surface area contributed by atoms with E-state index in [2.05, 4.69) is 5.10 Å². The van der Waals surface area contributed by atoms with Crippen molar-refractivity contribution in [2.45, 2.75) is 13.5 Å². The van der Waals surface area contributed by atoms with E-state index in [0.717, 1.165) is 28.2 Å². The molecule has 0 unspecified atom stereocenters. The lowest BCUT2D eigenvalue weighted by atomic mass is 10.1. The van der Waals surface area contributed by atoms with Gasteiger partial charge in [0, 0.05) is 10.6 Å². The van der Waals surface area contributed by atoms with E-state index in [9.17, 15) is 0 Å². The summed E-state index contributed by atoms with van der Waals surface area (Å²) in [5.41, 5.74) is 2.80.